The molecule has 0 amide bonds. The number of hydrogen-bond donors (Lipinski definition) is 2. The van der Waals surface area contributed by atoms with Crippen LogP contribution in [0.4, 0.5) is 0 Å². The van der Waals surface area contributed by atoms with Gasteiger partial charge in [0.25, 0.3) is 0 Å². The minimum atomic E-state index is -0.667. The maximum atomic E-state index is 10.4. The molecule has 3 heteroatoms. The Morgan fingerprint density at radius 2 is 1.22 bits per heavy atom. The van der Waals surface area contributed by atoms with Crippen molar-refractivity contribution in [1.82, 2.24) is 0 Å². The molecule has 0 rings (SSSR count). The third kappa shape index (κ3) is 21.2. The number of aliphatic hydroxyl groups excluding tert-OH is 1. The normalized spacial score (nSPS) is 12.8. The molecule has 0 aromatic rings. The summed E-state index contributed by atoms with van der Waals surface area (Å²) in [5, 5.41) is 17.7. The summed E-state index contributed by atoms with van der Waals surface area (Å²) in [5.41, 5.74) is 0. The van der Waals surface area contributed by atoms with Gasteiger partial charge in [0, 0.05) is 6.42 Å². The summed E-state index contributed by atoms with van der Waals surface area (Å²) in [6.45, 7) is 1.85. The Labute approximate surface area is 143 Å². The van der Waals surface area contributed by atoms with Crippen molar-refractivity contribution in [2.45, 2.75) is 109 Å². The van der Waals surface area contributed by atoms with Crippen LogP contribution >= 0.6 is 0 Å². The number of carbonyl (C=O) groups is 1. The minimum absolute atomic E-state index is 0.159. The van der Waals surface area contributed by atoms with E-state index in [-0.39, 0.29) is 6.10 Å². The molecule has 0 bridgehead atoms. The molecule has 0 aromatic carbocycles. The molecule has 0 aliphatic rings. The molecule has 0 saturated heterocycles. The van der Waals surface area contributed by atoms with E-state index in [9.17, 15) is 4.79 Å². The van der Waals surface area contributed by atoms with Crippen molar-refractivity contribution >= 4 is 5.97 Å². The molecule has 23 heavy (non-hydrogen) atoms. The van der Waals surface area contributed by atoms with Crippen LogP contribution in [0.2, 0.25) is 0 Å². The summed E-state index contributed by atoms with van der Waals surface area (Å²) in [7, 11) is 0. The Morgan fingerprint density at radius 3 is 1.70 bits per heavy atom. The van der Waals surface area contributed by atoms with Crippen molar-refractivity contribution in [3.8, 4) is 0 Å². The topological polar surface area (TPSA) is 57.5 Å². The summed E-state index contributed by atoms with van der Waals surface area (Å²) in [6.07, 6.45) is 21.3. The first-order valence-electron chi connectivity index (χ1n) is 9.67. The number of allylic oxidation sites excluding steroid dienone is 2. The fraction of sp³-hybridized carbons (Fsp3) is 0.850. The summed E-state index contributed by atoms with van der Waals surface area (Å²) in [4.78, 5) is 10.4. The van der Waals surface area contributed by atoms with Gasteiger partial charge in [-0.1, -0.05) is 63.5 Å². The van der Waals surface area contributed by atoms with Crippen molar-refractivity contribution in [3.05, 3.63) is 12.2 Å². The highest BCUT2D eigenvalue weighted by Crippen LogP contribution is 2.12. The average molecular weight is 327 g/mol. The van der Waals surface area contributed by atoms with E-state index < -0.39 is 5.97 Å². The molecule has 0 radical (unpaired) electrons. The zero-order valence-corrected chi connectivity index (χ0v) is 15.1. The first-order chi connectivity index (χ1) is 11.1. The highest BCUT2D eigenvalue weighted by Gasteiger charge is 1.97. The first-order valence-corrected chi connectivity index (χ1v) is 9.67. The lowest BCUT2D eigenvalue weighted by Crippen LogP contribution is -1.97. The molecular formula is C20H38O3. The third-order valence-corrected chi connectivity index (χ3v) is 4.17. The number of aliphatic carboxylic acids is 1. The number of rotatable bonds is 17. The lowest BCUT2D eigenvalue weighted by Gasteiger charge is -2.02. The van der Waals surface area contributed by atoms with E-state index in [0.717, 1.165) is 32.1 Å². The average Bonchev–Trinajstić information content (AvgIpc) is 2.49. The quantitative estimate of drug-likeness (QED) is 0.260. The number of carboxylic acids is 1. The van der Waals surface area contributed by atoms with Gasteiger partial charge < -0.3 is 10.2 Å². The van der Waals surface area contributed by atoms with Crippen LogP contribution < -0.4 is 0 Å². The van der Waals surface area contributed by atoms with Gasteiger partial charge in [0.15, 0.2) is 0 Å². The minimum Gasteiger partial charge on any atom is -0.481 e. The SMILES string of the molecule is CC(O)CCC/C=C\CCCCCCCCCCCCC(=O)O. The second-order valence-electron chi connectivity index (χ2n) is 6.72. The van der Waals surface area contributed by atoms with Crippen LogP contribution in [0.3, 0.4) is 0 Å². The maximum absolute atomic E-state index is 10.4. The second-order valence-corrected chi connectivity index (χ2v) is 6.72. The predicted molar refractivity (Wildman–Crippen MR) is 97.7 cm³/mol. The fourth-order valence-corrected chi connectivity index (χ4v) is 2.72. The van der Waals surface area contributed by atoms with E-state index in [1.54, 1.807) is 0 Å². The number of unbranched alkanes of at least 4 members (excludes halogenated alkanes) is 11. The van der Waals surface area contributed by atoms with Crippen LogP contribution in [0.1, 0.15) is 103 Å². The zero-order valence-electron chi connectivity index (χ0n) is 15.1. The smallest absolute Gasteiger partial charge is 0.303 e. The van der Waals surface area contributed by atoms with Gasteiger partial charge in [0.2, 0.25) is 0 Å². The molecule has 0 fully saturated rings. The summed E-state index contributed by atoms with van der Waals surface area (Å²) in [6, 6.07) is 0. The first kappa shape index (κ1) is 22.2. The van der Waals surface area contributed by atoms with Gasteiger partial charge in [-0.2, -0.15) is 0 Å². The molecule has 1 atom stereocenters. The Morgan fingerprint density at radius 1 is 0.783 bits per heavy atom. The van der Waals surface area contributed by atoms with Crippen LogP contribution in [0, 0.1) is 0 Å². The van der Waals surface area contributed by atoms with Crippen LogP contribution in [0.5, 0.6) is 0 Å². The highest BCUT2D eigenvalue weighted by molar-refractivity contribution is 5.66. The Hall–Kier alpha value is -0.830. The lowest BCUT2D eigenvalue weighted by atomic mass is 10.0. The van der Waals surface area contributed by atoms with Gasteiger partial charge in [-0.15, -0.1) is 0 Å². The van der Waals surface area contributed by atoms with E-state index in [1.165, 1.54) is 57.8 Å². The standard InChI is InChI=1S/C20H38O3/c1-19(21)17-15-13-11-9-7-5-3-2-4-6-8-10-12-14-16-18-20(22)23/h9,11,19,21H,2-8,10,12-18H2,1H3,(H,22,23)/b11-9-. The highest BCUT2D eigenvalue weighted by atomic mass is 16.4. The van der Waals surface area contributed by atoms with Crippen molar-refractivity contribution in [3.63, 3.8) is 0 Å². The zero-order chi connectivity index (χ0) is 17.2. The molecule has 0 aromatic heterocycles. The van der Waals surface area contributed by atoms with Crippen LogP contribution in [0.15, 0.2) is 12.2 Å². The molecule has 0 saturated carbocycles. The Balaban J connectivity index is 3.07. The fourth-order valence-electron chi connectivity index (χ4n) is 2.72. The van der Waals surface area contributed by atoms with Crippen LogP contribution in [-0.4, -0.2) is 22.3 Å². The van der Waals surface area contributed by atoms with E-state index >= 15 is 0 Å². The van der Waals surface area contributed by atoms with Gasteiger partial charge in [0.05, 0.1) is 6.10 Å². The monoisotopic (exact) mass is 326 g/mol. The van der Waals surface area contributed by atoms with E-state index in [0.29, 0.717) is 6.42 Å². The molecule has 136 valence electrons. The van der Waals surface area contributed by atoms with Crippen molar-refractivity contribution < 1.29 is 15.0 Å². The van der Waals surface area contributed by atoms with Crippen molar-refractivity contribution in [1.29, 1.82) is 0 Å². The third-order valence-electron chi connectivity index (χ3n) is 4.17. The molecule has 0 aliphatic heterocycles. The van der Waals surface area contributed by atoms with Gasteiger partial charge in [-0.05, 0) is 45.4 Å². The predicted octanol–water partition coefficient (Wildman–Crippen LogP) is 5.86. The molecule has 1 unspecified atom stereocenters. The van der Waals surface area contributed by atoms with Crippen LogP contribution in [0.25, 0.3) is 0 Å². The molecule has 0 spiro atoms. The Kier molecular flexibility index (Phi) is 16.9. The summed E-state index contributed by atoms with van der Waals surface area (Å²) >= 11 is 0. The molecule has 2 N–H and O–H groups in total. The van der Waals surface area contributed by atoms with Crippen molar-refractivity contribution in [2.24, 2.45) is 0 Å². The maximum Gasteiger partial charge on any atom is 0.303 e. The molecule has 3 nitrogen and oxygen atoms in total. The number of aliphatic hydroxyl groups is 1. The van der Waals surface area contributed by atoms with E-state index in [1.807, 2.05) is 6.92 Å². The largest absolute Gasteiger partial charge is 0.481 e. The van der Waals surface area contributed by atoms with Crippen molar-refractivity contribution in [2.75, 3.05) is 0 Å². The van der Waals surface area contributed by atoms with Crippen LogP contribution in [-0.2, 0) is 4.79 Å². The molecule has 0 heterocycles. The van der Waals surface area contributed by atoms with E-state index in [2.05, 4.69) is 12.2 Å². The molecule has 0 aliphatic carbocycles. The summed E-state index contributed by atoms with van der Waals surface area (Å²) in [5.74, 6) is -0.667. The number of hydrogen-bond acceptors (Lipinski definition) is 2. The summed E-state index contributed by atoms with van der Waals surface area (Å²) < 4.78 is 0. The lowest BCUT2D eigenvalue weighted by molar-refractivity contribution is -0.137. The molecular weight excluding hydrogens is 288 g/mol. The van der Waals surface area contributed by atoms with Gasteiger partial charge in [0.1, 0.15) is 0 Å². The van der Waals surface area contributed by atoms with Gasteiger partial charge in [-0.3, -0.25) is 4.79 Å². The number of carboxylic acid groups (broad SMARTS) is 1. The second kappa shape index (κ2) is 17.5. The van der Waals surface area contributed by atoms with E-state index in [4.69, 9.17) is 10.2 Å². The van der Waals surface area contributed by atoms with Gasteiger partial charge >= 0.3 is 5.97 Å². The Bertz CT molecular complexity index is 285. The van der Waals surface area contributed by atoms with Gasteiger partial charge in [-0.25, -0.2) is 0 Å².